The second kappa shape index (κ2) is 6.26. The molecule has 0 unspecified atom stereocenters. The van der Waals surface area contributed by atoms with E-state index in [4.69, 9.17) is 10.2 Å². The molecule has 1 aromatic carbocycles. The molecule has 0 aliphatic carbocycles. The number of sulfone groups is 1. The van der Waals surface area contributed by atoms with E-state index in [-0.39, 0.29) is 11.0 Å². The van der Waals surface area contributed by atoms with Crippen molar-refractivity contribution in [2.75, 3.05) is 11.5 Å². The van der Waals surface area contributed by atoms with Gasteiger partial charge in [-0.25, -0.2) is 8.42 Å². The number of nitrogens with two attached hydrogens (primary N) is 1. The average Bonchev–Trinajstić information content (AvgIpc) is 2.82. The number of rotatable bonds is 7. The fourth-order valence-electron chi connectivity index (χ4n) is 2.04. The van der Waals surface area contributed by atoms with Crippen LogP contribution in [0.25, 0.3) is 11.1 Å². The summed E-state index contributed by atoms with van der Waals surface area (Å²) in [5.41, 5.74) is 7.09. The minimum absolute atomic E-state index is 0.0824. The van der Waals surface area contributed by atoms with Crippen LogP contribution in [0.2, 0.25) is 0 Å². The number of hydrogen-bond acceptors (Lipinski definition) is 5. The van der Waals surface area contributed by atoms with Crippen molar-refractivity contribution in [1.29, 1.82) is 0 Å². The molecular formula is C14H20N2O3S. The monoisotopic (exact) mass is 296 g/mol. The van der Waals surface area contributed by atoms with Crippen molar-refractivity contribution in [2.45, 2.75) is 44.3 Å². The molecule has 1 aromatic heterocycles. The minimum Gasteiger partial charge on any atom is -0.428 e. The molecule has 1 heterocycles. The van der Waals surface area contributed by atoms with Gasteiger partial charge in [-0.1, -0.05) is 32.6 Å². The Morgan fingerprint density at radius 3 is 2.70 bits per heavy atom. The first-order valence-electron chi connectivity index (χ1n) is 6.92. The van der Waals surface area contributed by atoms with Gasteiger partial charge in [0.15, 0.2) is 5.58 Å². The van der Waals surface area contributed by atoms with Gasteiger partial charge in [0.25, 0.3) is 0 Å². The number of fused-ring (bicyclic) bond motifs is 1. The maximum atomic E-state index is 12.1. The molecule has 20 heavy (non-hydrogen) atoms. The number of nitrogen functional groups attached to an aromatic ring is 1. The summed E-state index contributed by atoms with van der Waals surface area (Å²) in [7, 11) is -3.44. The van der Waals surface area contributed by atoms with Crippen LogP contribution in [0.15, 0.2) is 27.8 Å². The van der Waals surface area contributed by atoms with Gasteiger partial charge in [-0.3, -0.25) is 0 Å². The predicted octanol–water partition coefficient (Wildman–Crippen LogP) is 3.15. The third-order valence-electron chi connectivity index (χ3n) is 3.18. The van der Waals surface area contributed by atoms with Gasteiger partial charge in [0.2, 0.25) is 9.84 Å². The zero-order chi connectivity index (χ0) is 14.6. The predicted molar refractivity (Wildman–Crippen MR) is 79.2 cm³/mol. The number of anilines is 1. The summed E-state index contributed by atoms with van der Waals surface area (Å²) in [6.07, 6.45) is 4.90. The van der Waals surface area contributed by atoms with Gasteiger partial charge in [-0.15, -0.1) is 0 Å². The highest BCUT2D eigenvalue weighted by molar-refractivity contribution is 7.91. The van der Waals surface area contributed by atoms with Crippen LogP contribution in [-0.2, 0) is 9.84 Å². The molecule has 0 saturated carbocycles. The lowest BCUT2D eigenvalue weighted by Gasteiger charge is -2.00. The van der Waals surface area contributed by atoms with E-state index in [1.807, 2.05) is 0 Å². The maximum absolute atomic E-state index is 12.1. The SMILES string of the molecule is CCCCCCCS(=O)(=O)c1nc2ccc(N)cc2o1. The smallest absolute Gasteiger partial charge is 0.316 e. The minimum atomic E-state index is -3.44. The number of oxazole rings is 1. The Labute approximate surface area is 119 Å². The van der Waals surface area contributed by atoms with E-state index < -0.39 is 9.84 Å². The third-order valence-corrected chi connectivity index (χ3v) is 4.71. The van der Waals surface area contributed by atoms with E-state index in [2.05, 4.69) is 11.9 Å². The van der Waals surface area contributed by atoms with Crippen LogP contribution >= 0.6 is 0 Å². The number of hydrogen-bond donors (Lipinski definition) is 1. The van der Waals surface area contributed by atoms with Crippen molar-refractivity contribution < 1.29 is 12.8 Å². The van der Waals surface area contributed by atoms with E-state index in [1.165, 1.54) is 0 Å². The summed E-state index contributed by atoms with van der Waals surface area (Å²) in [6, 6.07) is 4.92. The lowest BCUT2D eigenvalue weighted by molar-refractivity contribution is 0.457. The quantitative estimate of drug-likeness (QED) is 0.626. The zero-order valence-corrected chi connectivity index (χ0v) is 12.4. The zero-order valence-electron chi connectivity index (χ0n) is 11.6. The molecule has 0 aliphatic rings. The van der Waals surface area contributed by atoms with Crippen LogP contribution in [0.4, 0.5) is 5.69 Å². The molecule has 0 spiro atoms. The molecule has 6 heteroatoms. The van der Waals surface area contributed by atoms with E-state index in [9.17, 15) is 8.42 Å². The molecule has 2 N–H and O–H groups in total. The fourth-order valence-corrected chi connectivity index (χ4v) is 3.25. The molecule has 0 amide bonds. The van der Waals surface area contributed by atoms with Gasteiger partial charge in [0.1, 0.15) is 5.52 Å². The van der Waals surface area contributed by atoms with Crippen molar-refractivity contribution in [3.05, 3.63) is 18.2 Å². The largest absolute Gasteiger partial charge is 0.428 e. The van der Waals surface area contributed by atoms with Crippen molar-refractivity contribution in [2.24, 2.45) is 0 Å². The lowest BCUT2D eigenvalue weighted by atomic mass is 10.2. The first-order valence-corrected chi connectivity index (χ1v) is 8.57. The summed E-state index contributed by atoms with van der Waals surface area (Å²) in [5, 5.41) is -0.200. The molecule has 0 atom stereocenters. The summed E-state index contributed by atoms with van der Waals surface area (Å²) in [5.74, 6) is 0.0824. The molecule has 0 bridgehead atoms. The number of nitrogens with zero attached hydrogens (tertiary/aromatic N) is 1. The van der Waals surface area contributed by atoms with Gasteiger partial charge in [-0.2, -0.15) is 4.98 Å². The average molecular weight is 296 g/mol. The fraction of sp³-hybridized carbons (Fsp3) is 0.500. The molecule has 2 rings (SSSR count). The lowest BCUT2D eigenvalue weighted by Crippen LogP contribution is -2.07. The van der Waals surface area contributed by atoms with Crippen LogP contribution in [0, 0.1) is 0 Å². The number of aromatic nitrogens is 1. The molecule has 5 nitrogen and oxygen atoms in total. The Kier molecular flexibility index (Phi) is 4.65. The van der Waals surface area contributed by atoms with Crippen molar-refractivity contribution in [3.63, 3.8) is 0 Å². The van der Waals surface area contributed by atoms with Gasteiger partial charge < -0.3 is 10.2 Å². The van der Waals surface area contributed by atoms with Crippen LogP contribution < -0.4 is 5.73 Å². The normalized spacial score (nSPS) is 12.1. The highest BCUT2D eigenvalue weighted by Crippen LogP contribution is 2.22. The topological polar surface area (TPSA) is 86.2 Å². The van der Waals surface area contributed by atoms with E-state index in [0.29, 0.717) is 23.2 Å². The second-order valence-electron chi connectivity index (χ2n) is 4.94. The molecule has 2 aromatic rings. The number of unbranched alkanes of at least 4 members (excludes halogenated alkanes) is 4. The Hall–Kier alpha value is -1.56. The second-order valence-corrected chi connectivity index (χ2v) is 6.93. The molecule has 110 valence electrons. The highest BCUT2D eigenvalue weighted by Gasteiger charge is 2.21. The highest BCUT2D eigenvalue weighted by atomic mass is 32.2. The van der Waals surface area contributed by atoms with Gasteiger partial charge in [0.05, 0.1) is 5.75 Å². The standard InChI is InChI=1S/C14H20N2O3S/c1-2-3-4-5-6-9-20(17,18)14-16-12-8-7-11(15)10-13(12)19-14/h7-8,10H,2-6,9,15H2,1H3. The summed E-state index contributed by atoms with van der Waals surface area (Å²) in [6.45, 7) is 2.13. The van der Waals surface area contributed by atoms with Crippen LogP contribution in [0.1, 0.15) is 39.0 Å². The van der Waals surface area contributed by atoms with E-state index in [0.717, 1.165) is 25.7 Å². The molecule has 0 radical (unpaired) electrons. The van der Waals surface area contributed by atoms with Gasteiger partial charge in [0, 0.05) is 11.8 Å². The Morgan fingerprint density at radius 2 is 1.95 bits per heavy atom. The summed E-state index contributed by atoms with van der Waals surface area (Å²) >= 11 is 0. The van der Waals surface area contributed by atoms with Crippen molar-refractivity contribution >= 4 is 26.6 Å². The van der Waals surface area contributed by atoms with Crippen molar-refractivity contribution in [3.8, 4) is 0 Å². The first-order chi connectivity index (χ1) is 9.53. The first kappa shape index (κ1) is 14.8. The van der Waals surface area contributed by atoms with Gasteiger partial charge >= 0.3 is 5.22 Å². The molecular weight excluding hydrogens is 276 g/mol. The third kappa shape index (κ3) is 3.50. The Morgan fingerprint density at radius 1 is 1.20 bits per heavy atom. The molecule has 0 aliphatic heterocycles. The molecule has 0 fully saturated rings. The Bertz CT molecular complexity index is 677. The van der Waals surface area contributed by atoms with E-state index >= 15 is 0 Å². The summed E-state index contributed by atoms with van der Waals surface area (Å²) in [4.78, 5) is 4.03. The van der Waals surface area contributed by atoms with Crippen LogP contribution in [0.5, 0.6) is 0 Å². The maximum Gasteiger partial charge on any atom is 0.316 e. The van der Waals surface area contributed by atoms with Crippen LogP contribution in [0.3, 0.4) is 0 Å². The number of benzene rings is 1. The van der Waals surface area contributed by atoms with Crippen molar-refractivity contribution in [1.82, 2.24) is 4.98 Å². The van der Waals surface area contributed by atoms with Gasteiger partial charge in [-0.05, 0) is 18.6 Å². The summed E-state index contributed by atoms with van der Waals surface area (Å²) < 4.78 is 29.6. The van der Waals surface area contributed by atoms with Crippen LogP contribution in [-0.4, -0.2) is 19.2 Å². The Balaban J connectivity index is 2.07. The molecule has 0 saturated heterocycles. The van der Waals surface area contributed by atoms with E-state index in [1.54, 1.807) is 18.2 Å².